The van der Waals surface area contributed by atoms with Crippen LogP contribution < -0.4 is 14.8 Å². The lowest BCUT2D eigenvalue weighted by Crippen LogP contribution is -2.19. The molecule has 0 spiro atoms. The van der Waals surface area contributed by atoms with Crippen LogP contribution in [0.25, 0.3) is 0 Å². The van der Waals surface area contributed by atoms with Gasteiger partial charge in [0.05, 0.1) is 12.8 Å². The normalized spacial score (nSPS) is 10.8. The van der Waals surface area contributed by atoms with Crippen molar-refractivity contribution >= 4 is 11.5 Å². The van der Waals surface area contributed by atoms with E-state index in [9.17, 15) is 4.79 Å². The Balaban J connectivity index is 2.54. The lowest BCUT2D eigenvalue weighted by Gasteiger charge is -2.21. The van der Waals surface area contributed by atoms with Gasteiger partial charge in [0.2, 0.25) is 5.88 Å². The van der Waals surface area contributed by atoms with Crippen molar-refractivity contribution in [2.75, 3.05) is 12.4 Å². The molecule has 5 nitrogen and oxygen atoms in total. The second-order valence-electron chi connectivity index (χ2n) is 6.90. The van der Waals surface area contributed by atoms with Crippen LogP contribution in [0.1, 0.15) is 60.8 Å². The maximum Gasteiger partial charge on any atom is 0.232 e. The van der Waals surface area contributed by atoms with Crippen molar-refractivity contribution in [2.24, 2.45) is 0 Å². The minimum Gasteiger partial charge on any atom is -0.497 e. The van der Waals surface area contributed by atoms with E-state index in [2.05, 4.69) is 24.1 Å². The fraction of sp³-hybridized carbons (Fsp3) is 0.455. The molecule has 2 aromatic rings. The number of aryl methyl sites for hydroxylation is 3. The number of ether oxygens (including phenoxy) is 2. The Kier molecular flexibility index (Phi) is 6.83. The Bertz CT molecular complexity index is 804. The smallest absolute Gasteiger partial charge is 0.232 e. The molecule has 5 heteroatoms. The predicted octanol–water partition coefficient (Wildman–Crippen LogP) is 5.61. The Labute approximate surface area is 162 Å². The van der Waals surface area contributed by atoms with E-state index in [0.717, 1.165) is 41.1 Å². The third-order valence-corrected chi connectivity index (χ3v) is 4.68. The average molecular weight is 370 g/mol. The van der Waals surface area contributed by atoms with Crippen LogP contribution in [-0.2, 0) is 0 Å². The summed E-state index contributed by atoms with van der Waals surface area (Å²) in [5.41, 5.74) is 3.93. The molecule has 0 bridgehead atoms. The number of aromatic nitrogens is 1. The van der Waals surface area contributed by atoms with Crippen LogP contribution in [0, 0.1) is 20.8 Å². The van der Waals surface area contributed by atoms with Crippen LogP contribution in [0.5, 0.6) is 17.4 Å². The summed E-state index contributed by atoms with van der Waals surface area (Å²) in [5.74, 6) is 1.74. The van der Waals surface area contributed by atoms with E-state index in [4.69, 9.17) is 9.47 Å². The SMILES string of the molecule is CCC(CC)Nc1cc(C)nc(Oc2c(C)cc(OC)cc2C)c1C(C)=O. The van der Waals surface area contributed by atoms with Gasteiger partial charge in [0, 0.05) is 11.7 Å². The zero-order valence-electron chi connectivity index (χ0n) is 17.4. The largest absolute Gasteiger partial charge is 0.497 e. The molecule has 0 aliphatic rings. The molecule has 1 aromatic carbocycles. The number of Topliss-reactive ketones (excluding diaryl/α,β-unsaturated/α-hetero) is 1. The molecule has 2 rings (SSSR count). The van der Waals surface area contributed by atoms with Gasteiger partial charge in [0.15, 0.2) is 5.78 Å². The molecule has 0 amide bonds. The van der Waals surface area contributed by atoms with Gasteiger partial charge in [-0.1, -0.05) is 13.8 Å². The van der Waals surface area contributed by atoms with Gasteiger partial charge in [-0.3, -0.25) is 4.79 Å². The summed E-state index contributed by atoms with van der Waals surface area (Å²) >= 11 is 0. The fourth-order valence-corrected chi connectivity index (χ4v) is 3.17. The fourth-order valence-electron chi connectivity index (χ4n) is 3.17. The van der Waals surface area contributed by atoms with Crippen molar-refractivity contribution in [3.05, 3.63) is 40.6 Å². The number of benzene rings is 1. The molecule has 1 aromatic heterocycles. The summed E-state index contributed by atoms with van der Waals surface area (Å²) in [6, 6.07) is 6.03. The standard InChI is InChI=1S/C22H30N2O3/c1-8-17(9-2)24-19-12-15(5)23-22(20(19)16(6)25)27-21-13(3)10-18(26-7)11-14(21)4/h10-12,17H,8-9H2,1-7H3,(H,23,24). The van der Waals surface area contributed by atoms with E-state index < -0.39 is 0 Å². The quantitative estimate of drug-likeness (QED) is 0.612. The van der Waals surface area contributed by atoms with E-state index in [-0.39, 0.29) is 5.78 Å². The maximum atomic E-state index is 12.4. The van der Waals surface area contributed by atoms with Gasteiger partial charge in [-0.15, -0.1) is 0 Å². The lowest BCUT2D eigenvalue weighted by molar-refractivity contribution is 0.101. The molecule has 27 heavy (non-hydrogen) atoms. The third kappa shape index (κ3) is 4.79. The number of carbonyl (C=O) groups excluding carboxylic acids is 1. The number of hydrogen-bond acceptors (Lipinski definition) is 5. The highest BCUT2D eigenvalue weighted by Gasteiger charge is 2.21. The number of nitrogens with one attached hydrogen (secondary N) is 1. The molecule has 0 saturated heterocycles. The third-order valence-electron chi connectivity index (χ3n) is 4.68. The Morgan fingerprint density at radius 3 is 2.19 bits per heavy atom. The number of rotatable bonds is 8. The molecule has 0 radical (unpaired) electrons. The molecule has 0 fully saturated rings. The van der Waals surface area contributed by atoms with E-state index in [1.807, 2.05) is 39.0 Å². The van der Waals surface area contributed by atoms with Gasteiger partial charge in [0.25, 0.3) is 0 Å². The zero-order chi connectivity index (χ0) is 20.1. The van der Waals surface area contributed by atoms with Gasteiger partial charge in [0.1, 0.15) is 17.1 Å². The van der Waals surface area contributed by atoms with E-state index in [0.29, 0.717) is 23.2 Å². The molecule has 146 valence electrons. The van der Waals surface area contributed by atoms with Crippen molar-refractivity contribution in [2.45, 2.75) is 60.4 Å². The summed E-state index contributed by atoms with van der Waals surface area (Å²) in [6.45, 7) is 11.6. The van der Waals surface area contributed by atoms with E-state index in [1.165, 1.54) is 0 Å². The molecule has 0 aliphatic heterocycles. The Hall–Kier alpha value is -2.56. The summed E-state index contributed by atoms with van der Waals surface area (Å²) in [7, 11) is 1.64. The molecule has 1 N–H and O–H groups in total. The van der Waals surface area contributed by atoms with Gasteiger partial charge < -0.3 is 14.8 Å². The van der Waals surface area contributed by atoms with E-state index in [1.54, 1.807) is 14.0 Å². The van der Waals surface area contributed by atoms with Crippen LogP contribution in [0.4, 0.5) is 5.69 Å². The summed E-state index contributed by atoms with van der Waals surface area (Å²) < 4.78 is 11.5. The predicted molar refractivity (Wildman–Crippen MR) is 110 cm³/mol. The Morgan fingerprint density at radius 2 is 1.70 bits per heavy atom. The molecule has 1 heterocycles. The number of nitrogens with zero attached hydrogens (tertiary/aromatic N) is 1. The van der Waals surface area contributed by atoms with Gasteiger partial charge in [-0.05, 0) is 69.9 Å². The highest BCUT2D eigenvalue weighted by atomic mass is 16.5. The molecular weight excluding hydrogens is 340 g/mol. The molecule has 0 aliphatic carbocycles. The summed E-state index contributed by atoms with van der Waals surface area (Å²) in [4.78, 5) is 17.0. The van der Waals surface area contributed by atoms with Crippen LogP contribution in [0.3, 0.4) is 0 Å². The average Bonchev–Trinajstić information content (AvgIpc) is 2.61. The van der Waals surface area contributed by atoms with Crippen LogP contribution in [0.15, 0.2) is 18.2 Å². The minimum absolute atomic E-state index is 0.0743. The van der Waals surface area contributed by atoms with E-state index >= 15 is 0 Å². The van der Waals surface area contributed by atoms with Crippen LogP contribution in [0.2, 0.25) is 0 Å². The minimum atomic E-state index is -0.0743. The van der Waals surface area contributed by atoms with Crippen molar-refractivity contribution < 1.29 is 14.3 Å². The van der Waals surface area contributed by atoms with Crippen molar-refractivity contribution in [1.29, 1.82) is 0 Å². The Morgan fingerprint density at radius 1 is 1.11 bits per heavy atom. The zero-order valence-corrected chi connectivity index (χ0v) is 17.4. The first-order chi connectivity index (χ1) is 12.8. The van der Waals surface area contributed by atoms with Gasteiger partial charge in [-0.2, -0.15) is 0 Å². The number of ketones is 1. The second kappa shape index (κ2) is 8.89. The second-order valence-corrected chi connectivity index (χ2v) is 6.90. The molecule has 0 unspecified atom stereocenters. The lowest BCUT2D eigenvalue weighted by atomic mass is 10.1. The van der Waals surface area contributed by atoms with Crippen LogP contribution in [-0.4, -0.2) is 23.9 Å². The topological polar surface area (TPSA) is 60.5 Å². The number of methoxy groups -OCH3 is 1. The number of anilines is 1. The van der Waals surface area contributed by atoms with Crippen molar-refractivity contribution in [3.63, 3.8) is 0 Å². The number of hydrogen-bond donors (Lipinski definition) is 1. The molecular formula is C22H30N2O3. The van der Waals surface area contributed by atoms with Crippen molar-refractivity contribution in [1.82, 2.24) is 4.98 Å². The van der Waals surface area contributed by atoms with Gasteiger partial charge in [-0.25, -0.2) is 4.98 Å². The monoisotopic (exact) mass is 370 g/mol. The van der Waals surface area contributed by atoms with Crippen molar-refractivity contribution in [3.8, 4) is 17.4 Å². The first-order valence-electron chi connectivity index (χ1n) is 9.42. The first-order valence-corrected chi connectivity index (χ1v) is 9.42. The van der Waals surface area contributed by atoms with Gasteiger partial charge >= 0.3 is 0 Å². The highest BCUT2D eigenvalue weighted by Crippen LogP contribution is 2.35. The first kappa shape index (κ1) is 20.7. The summed E-state index contributed by atoms with van der Waals surface area (Å²) in [5, 5.41) is 3.48. The maximum absolute atomic E-state index is 12.4. The highest BCUT2D eigenvalue weighted by molar-refractivity contribution is 6.02. The summed E-state index contributed by atoms with van der Waals surface area (Å²) in [6.07, 6.45) is 1.95. The molecule has 0 atom stereocenters. The molecule has 0 saturated carbocycles. The number of pyridine rings is 1. The number of carbonyl (C=O) groups is 1. The van der Waals surface area contributed by atoms with Crippen LogP contribution >= 0.6 is 0 Å².